The van der Waals surface area contributed by atoms with Gasteiger partial charge < -0.3 is 5.32 Å². The molecule has 0 aliphatic rings. The number of benzene rings is 2. The first-order valence-corrected chi connectivity index (χ1v) is 7.01. The van der Waals surface area contributed by atoms with E-state index in [1.807, 2.05) is 25.2 Å². The molecule has 0 aliphatic heterocycles. The summed E-state index contributed by atoms with van der Waals surface area (Å²) in [5.41, 5.74) is 2.46. The van der Waals surface area contributed by atoms with Gasteiger partial charge in [-0.15, -0.1) is 0 Å². The predicted octanol–water partition coefficient (Wildman–Crippen LogP) is 3.93. The Morgan fingerprint density at radius 2 is 1.60 bits per heavy atom. The van der Waals surface area contributed by atoms with E-state index in [2.05, 4.69) is 43.4 Å². The highest BCUT2D eigenvalue weighted by molar-refractivity contribution is 5.28. The minimum atomic E-state index is -0.183. The van der Waals surface area contributed by atoms with Gasteiger partial charge in [0.05, 0.1) is 0 Å². The van der Waals surface area contributed by atoms with Gasteiger partial charge in [0, 0.05) is 11.5 Å². The van der Waals surface area contributed by atoms with E-state index in [0.717, 1.165) is 12.0 Å². The van der Waals surface area contributed by atoms with Crippen LogP contribution in [0.2, 0.25) is 0 Å². The van der Waals surface area contributed by atoms with Crippen molar-refractivity contribution >= 4 is 0 Å². The highest BCUT2D eigenvalue weighted by Gasteiger charge is 2.30. The molecule has 1 atom stereocenters. The van der Waals surface area contributed by atoms with Crippen LogP contribution in [0.5, 0.6) is 0 Å². The molecule has 0 aromatic heterocycles. The van der Waals surface area contributed by atoms with Crippen LogP contribution < -0.4 is 5.32 Å². The van der Waals surface area contributed by atoms with E-state index in [4.69, 9.17) is 0 Å². The van der Waals surface area contributed by atoms with E-state index in [9.17, 15) is 4.39 Å². The third-order valence-electron chi connectivity index (χ3n) is 4.09. The van der Waals surface area contributed by atoms with Crippen LogP contribution in [-0.4, -0.2) is 13.1 Å². The van der Waals surface area contributed by atoms with Crippen LogP contribution in [0.25, 0.3) is 0 Å². The Kier molecular flexibility index (Phi) is 4.56. The zero-order valence-electron chi connectivity index (χ0n) is 12.4. The molecule has 2 aromatic rings. The largest absolute Gasteiger partial charge is 0.316 e. The summed E-state index contributed by atoms with van der Waals surface area (Å²) in [4.78, 5) is 0. The predicted molar refractivity (Wildman–Crippen MR) is 82.4 cm³/mol. The van der Waals surface area contributed by atoms with Gasteiger partial charge in [0.2, 0.25) is 0 Å². The second-order valence-electron chi connectivity index (χ2n) is 5.76. The average molecular weight is 271 g/mol. The Labute approximate surface area is 120 Å². The average Bonchev–Trinajstić information content (AvgIpc) is 2.47. The fraction of sp³-hybridized carbons (Fsp3) is 0.333. The summed E-state index contributed by atoms with van der Waals surface area (Å²) >= 11 is 0. The third kappa shape index (κ3) is 3.26. The first-order chi connectivity index (χ1) is 9.54. The molecule has 0 radical (unpaired) electrons. The molecule has 0 fully saturated rings. The van der Waals surface area contributed by atoms with Crippen LogP contribution >= 0.6 is 0 Å². The maximum absolute atomic E-state index is 13.0. The second kappa shape index (κ2) is 6.19. The van der Waals surface area contributed by atoms with Crippen molar-refractivity contribution in [1.29, 1.82) is 0 Å². The molecular weight excluding hydrogens is 249 g/mol. The molecule has 2 rings (SSSR count). The van der Waals surface area contributed by atoms with Gasteiger partial charge in [0.1, 0.15) is 5.82 Å². The van der Waals surface area contributed by atoms with Crippen LogP contribution in [0.4, 0.5) is 4.39 Å². The van der Waals surface area contributed by atoms with Gasteiger partial charge in [-0.25, -0.2) is 4.39 Å². The molecule has 0 saturated carbocycles. The number of rotatable bonds is 5. The quantitative estimate of drug-likeness (QED) is 0.868. The molecular formula is C18H22FN. The van der Waals surface area contributed by atoms with Crippen LogP contribution in [-0.2, 0) is 11.8 Å². The SMILES string of the molecule is CNC(Cc1ccc(F)cc1)C(C)(C)c1ccccc1. The number of hydrogen-bond donors (Lipinski definition) is 1. The topological polar surface area (TPSA) is 12.0 Å². The van der Waals surface area contributed by atoms with Crippen molar-refractivity contribution in [1.82, 2.24) is 5.32 Å². The van der Waals surface area contributed by atoms with Gasteiger partial charge in [-0.3, -0.25) is 0 Å². The zero-order chi connectivity index (χ0) is 14.6. The minimum absolute atomic E-state index is 0.00436. The second-order valence-corrected chi connectivity index (χ2v) is 5.76. The fourth-order valence-corrected chi connectivity index (χ4v) is 2.64. The number of nitrogens with one attached hydrogen (secondary N) is 1. The fourth-order valence-electron chi connectivity index (χ4n) is 2.64. The minimum Gasteiger partial charge on any atom is -0.316 e. The molecule has 0 saturated heterocycles. The van der Waals surface area contributed by atoms with Crippen LogP contribution in [0, 0.1) is 5.82 Å². The molecule has 1 N–H and O–H groups in total. The lowest BCUT2D eigenvalue weighted by Gasteiger charge is -2.35. The van der Waals surface area contributed by atoms with E-state index in [1.54, 1.807) is 0 Å². The van der Waals surface area contributed by atoms with Crippen molar-refractivity contribution in [3.8, 4) is 0 Å². The van der Waals surface area contributed by atoms with Crippen molar-refractivity contribution in [2.24, 2.45) is 0 Å². The first-order valence-electron chi connectivity index (χ1n) is 7.01. The molecule has 0 bridgehead atoms. The molecule has 106 valence electrons. The van der Waals surface area contributed by atoms with Gasteiger partial charge in [0.25, 0.3) is 0 Å². The number of likely N-dealkylation sites (N-methyl/N-ethyl adjacent to an activating group) is 1. The molecule has 2 heteroatoms. The molecule has 0 heterocycles. The molecule has 20 heavy (non-hydrogen) atoms. The highest BCUT2D eigenvalue weighted by atomic mass is 19.1. The van der Waals surface area contributed by atoms with Crippen molar-refractivity contribution in [2.75, 3.05) is 7.05 Å². The Morgan fingerprint density at radius 3 is 2.15 bits per heavy atom. The van der Waals surface area contributed by atoms with Gasteiger partial charge in [-0.1, -0.05) is 56.3 Å². The van der Waals surface area contributed by atoms with E-state index in [1.165, 1.54) is 17.7 Å². The van der Waals surface area contributed by atoms with Crippen LogP contribution in [0.3, 0.4) is 0 Å². The molecule has 1 nitrogen and oxygen atoms in total. The summed E-state index contributed by atoms with van der Waals surface area (Å²) in [6, 6.07) is 17.6. The Morgan fingerprint density at radius 1 is 1.00 bits per heavy atom. The Hall–Kier alpha value is -1.67. The summed E-state index contributed by atoms with van der Waals surface area (Å²) in [5.74, 6) is -0.183. The van der Waals surface area contributed by atoms with Crippen LogP contribution in [0.15, 0.2) is 54.6 Å². The molecule has 2 aromatic carbocycles. The Balaban J connectivity index is 2.21. The Bertz CT molecular complexity index is 531. The summed E-state index contributed by atoms with van der Waals surface area (Å²) in [7, 11) is 1.98. The van der Waals surface area contributed by atoms with E-state index in [-0.39, 0.29) is 17.3 Å². The molecule has 0 aliphatic carbocycles. The van der Waals surface area contributed by atoms with Crippen molar-refractivity contribution in [3.63, 3.8) is 0 Å². The van der Waals surface area contributed by atoms with Gasteiger partial charge in [-0.05, 0) is 36.7 Å². The van der Waals surface area contributed by atoms with Crippen molar-refractivity contribution in [2.45, 2.75) is 31.7 Å². The van der Waals surface area contributed by atoms with E-state index >= 15 is 0 Å². The van der Waals surface area contributed by atoms with Crippen molar-refractivity contribution in [3.05, 3.63) is 71.5 Å². The summed E-state index contributed by atoms with van der Waals surface area (Å²) in [5, 5.41) is 3.41. The standard InChI is InChI=1S/C18H22FN/c1-18(2,15-7-5-4-6-8-15)17(20-3)13-14-9-11-16(19)12-10-14/h4-12,17,20H,13H2,1-3H3. The lowest BCUT2D eigenvalue weighted by Crippen LogP contribution is -2.44. The normalized spacial score (nSPS) is 13.2. The summed E-state index contributed by atoms with van der Waals surface area (Å²) < 4.78 is 13.0. The first kappa shape index (κ1) is 14.7. The van der Waals surface area contributed by atoms with E-state index in [0.29, 0.717) is 0 Å². The van der Waals surface area contributed by atoms with Gasteiger partial charge in [-0.2, -0.15) is 0 Å². The zero-order valence-corrected chi connectivity index (χ0v) is 12.4. The number of halogens is 1. The number of hydrogen-bond acceptors (Lipinski definition) is 1. The monoisotopic (exact) mass is 271 g/mol. The smallest absolute Gasteiger partial charge is 0.123 e. The van der Waals surface area contributed by atoms with Gasteiger partial charge in [0.15, 0.2) is 0 Å². The third-order valence-corrected chi connectivity index (χ3v) is 4.09. The lowest BCUT2D eigenvalue weighted by molar-refractivity contribution is 0.356. The highest BCUT2D eigenvalue weighted by Crippen LogP contribution is 2.28. The molecule has 0 spiro atoms. The summed E-state index contributed by atoms with van der Waals surface area (Å²) in [6.45, 7) is 4.49. The maximum atomic E-state index is 13.0. The molecule has 0 amide bonds. The van der Waals surface area contributed by atoms with Crippen molar-refractivity contribution < 1.29 is 4.39 Å². The van der Waals surface area contributed by atoms with Gasteiger partial charge >= 0.3 is 0 Å². The maximum Gasteiger partial charge on any atom is 0.123 e. The van der Waals surface area contributed by atoms with E-state index < -0.39 is 0 Å². The molecule has 1 unspecified atom stereocenters. The lowest BCUT2D eigenvalue weighted by atomic mass is 9.75. The summed E-state index contributed by atoms with van der Waals surface area (Å²) in [6.07, 6.45) is 0.874. The van der Waals surface area contributed by atoms with Crippen LogP contribution in [0.1, 0.15) is 25.0 Å².